The molecule has 0 aromatic heterocycles. The van der Waals surface area contributed by atoms with Gasteiger partial charge in [0.1, 0.15) is 0 Å². The molecule has 26 heavy (non-hydrogen) atoms. The lowest BCUT2D eigenvalue weighted by Crippen LogP contribution is -2.43. The molecule has 0 atom stereocenters. The Morgan fingerprint density at radius 3 is 2.42 bits per heavy atom. The summed E-state index contributed by atoms with van der Waals surface area (Å²) < 4.78 is 31.1. The molecule has 0 saturated carbocycles. The second-order valence-corrected chi connectivity index (χ2v) is 8.12. The summed E-state index contributed by atoms with van der Waals surface area (Å²) in [6.07, 6.45) is 0. The van der Waals surface area contributed by atoms with Crippen LogP contribution in [-0.2, 0) is 14.8 Å². The fourth-order valence-corrected chi connectivity index (χ4v) is 4.14. The third-order valence-electron chi connectivity index (χ3n) is 4.24. The second kappa shape index (κ2) is 8.44. The fourth-order valence-electron chi connectivity index (χ4n) is 2.82. The third-order valence-corrected chi connectivity index (χ3v) is 6.11. The highest BCUT2D eigenvalue weighted by atomic mass is 32.2. The van der Waals surface area contributed by atoms with E-state index in [9.17, 15) is 13.2 Å². The van der Waals surface area contributed by atoms with Crippen LogP contribution in [0.25, 0.3) is 11.1 Å². The number of morpholine rings is 1. The van der Waals surface area contributed by atoms with Gasteiger partial charge < -0.3 is 10.1 Å². The van der Waals surface area contributed by atoms with Gasteiger partial charge in [-0.3, -0.25) is 4.79 Å². The van der Waals surface area contributed by atoms with Crippen LogP contribution in [0.15, 0.2) is 54.6 Å². The first kappa shape index (κ1) is 18.6. The number of ether oxygens (including phenoxy) is 1. The van der Waals surface area contributed by atoms with Crippen molar-refractivity contribution in [3.05, 3.63) is 60.2 Å². The number of carbonyl (C=O) groups excluding carboxylic acids is 1. The van der Waals surface area contributed by atoms with Crippen molar-refractivity contribution in [3.8, 4) is 11.1 Å². The number of hydrogen-bond donors (Lipinski definition) is 1. The number of amides is 1. The van der Waals surface area contributed by atoms with Crippen LogP contribution in [0, 0.1) is 0 Å². The predicted molar refractivity (Wildman–Crippen MR) is 100 cm³/mol. The third kappa shape index (κ3) is 4.69. The predicted octanol–water partition coefficient (Wildman–Crippen LogP) is 1.75. The summed E-state index contributed by atoms with van der Waals surface area (Å²) in [6, 6.07) is 17.1. The highest BCUT2D eigenvalue weighted by molar-refractivity contribution is 7.89. The molecule has 1 amide bonds. The average molecular weight is 374 g/mol. The summed E-state index contributed by atoms with van der Waals surface area (Å²) in [5, 5.41) is 2.70. The van der Waals surface area contributed by atoms with Crippen molar-refractivity contribution in [2.24, 2.45) is 0 Å². The number of carbonyl (C=O) groups is 1. The maximum atomic E-state index is 12.4. The molecule has 1 N–H and O–H groups in total. The minimum atomic E-state index is -3.37. The number of benzene rings is 2. The van der Waals surface area contributed by atoms with Gasteiger partial charge in [-0.2, -0.15) is 4.31 Å². The number of nitrogens with one attached hydrogen (secondary N) is 1. The lowest BCUT2D eigenvalue weighted by molar-refractivity contribution is 0.0730. The molecule has 1 heterocycles. The van der Waals surface area contributed by atoms with Gasteiger partial charge in [-0.15, -0.1) is 0 Å². The van der Waals surface area contributed by atoms with Crippen LogP contribution in [-0.4, -0.2) is 57.2 Å². The Balaban J connectivity index is 1.58. The van der Waals surface area contributed by atoms with E-state index >= 15 is 0 Å². The van der Waals surface area contributed by atoms with Gasteiger partial charge in [0, 0.05) is 25.2 Å². The molecule has 1 fully saturated rings. The molecule has 1 aliphatic heterocycles. The first-order valence-electron chi connectivity index (χ1n) is 8.55. The lowest BCUT2D eigenvalue weighted by atomic mass is 10.0. The van der Waals surface area contributed by atoms with Crippen LogP contribution in [0.2, 0.25) is 0 Å². The van der Waals surface area contributed by atoms with Crippen molar-refractivity contribution in [1.29, 1.82) is 0 Å². The fraction of sp³-hybridized carbons (Fsp3) is 0.316. The van der Waals surface area contributed by atoms with Crippen LogP contribution in [0.1, 0.15) is 10.4 Å². The summed E-state index contributed by atoms with van der Waals surface area (Å²) in [7, 11) is -3.37. The van der Waals surface area contributed by atoms with E-state index in [4.69, 9.17) is 4.74 Å². The van der Waals surface area contributed by atoms with E-state index in [1.807, 2.05) is 42.5 Å². The van der Waals surface area contributed by atoms with Crippen LogP contribution in [0.4, 0.5) is 0 Å². The van der Waals surface area contributed by atoms with Gasteiger partial charge in [0.25, 0.3) is 5.91 Å². The standard InChI is InChI=1S/C19H22N2O4S/c22-19(20-9-14-26(23,24)21-10-12-25-13-11-21)18-8-4-7-17(15-18)16-5-2-1-3-6-16/h1-8,15H,9-14H2,(H,20,22). The van der Waals surface area contributed by atoms with Crippen molar-refractivity contribution in [3.63, 3.8) is 0 Å². The molecule has 0 spiro atoms. The van der Waals surface area contributed by atoms with Gasteiger partial charge in [0.05, 0.1) is 19.0 Å². The molecule has 1 aliphatic rings. The van der Waals surface area contributed by atoms with E-state index in [1.165, 1.54) is 4.31 Å². The van der Waals surface area contributed by atoms with E-state index in [-0.39, 0.29) is 18.2 Å². The van der Waals surface area contributed by atoms with Gasteiger partial charge >= 0.3 is 0 Å². The summed E-state index contributed by atoms with van der Waals surface area (Å²) in [5.74, 6) is -0.392. The molecule has 1 saturated heterocycles. The van der Waals surface area contributed by atoms with Crippen molar-refractivity contribution in [2.45, 2.75) is 0 Å². The van der Waals surface area contributed by atoms with E-state index in [1.54, 1.807) is 12.1 Å². The normalized spacial score (nSPS) is 15.5. The number of nitrogens with zero attached hydrogens (tertiary/aromatic N) is 1. The van der Waals surface area contributed by atoms with Gasteiger partial charge in [0.2, 0.25) is 10.0 Å². The molecule has 2 aromatic carbocycles. The Hall–Kier alpha value is -2.22. The minimum absolute atomic E-state index is 0.0775. The molecule has 0 aliphatic carbocycles. The maximum absolute atomic E-state index is 12.4. The van der Waals surface area contributed by atoms with E-state index in [0.29, 0.717) is 31.9 Å². The van der Waals surface area contributed by atoms with Crippen LogP contribution in [0.5, 0.6) is 0 Å². The Bertz CT molecular complexity index is 847. The maximum Gasteiger partial charge on any atom is 0.251 e. The Labute approximate surface area is 153 Å². The lowest BCUT2D eigenvalue weighted by Gasteiger charge is -2.26. The van der Waals surface area contributed by atoms with Crippen LogP contribution >= 0.6 is 0 Å². The SMILES string of the molecule is O=C(NCCS(=O)(=O)N1CCOCC1)c1cccc(-c2ccccc2)c1. The summed E-state index contributed by atoms with van der Waals surface area (Å²) in [6.45, 7) is 1.65. The molecule has 138 valence electrons. The van der Waals surface area contributed by atoms with Crippen molar-refractivity contribution >= 4 is 15.9 Å². The Morgan fingerprint density at radius 1 is 1.00 bits per heavy atom. The highest BCUT2D eigenvalue weighted by Gasteiger charge is 2.24. The van der Waals surface area contributed by atoms with Crippen molar-refractivity contribution < 1.29 is 17.9 Å². The van der Waals surface area contributed by atoms with Gasteiger partial charge in [-0.25, -0.2) is 8.42 Å². The minimum Gasteiger partial charge on any atom is -0.379 e. The largest absolute Gasteiger partial charge is 0.379 e. The van der Waals surface area contributed by atoms with Crippen LogP contribution in [0.3, 0.4) is 0 Å². The first-order chi connectivity index (χ1) is 12.6. The van der Waals surface area contributed by atoms with Crippen LogP contribution < -0.4 is 5.32 Å². The van der Waals surface area contributed by atoms with E-state index in [2.05, 4.69) is 5.32 Å². The summed E-state index contributed by atoms with van der Waals surface area (Å²) >= 11 is 0. The molecule has 3 rings (SSSR count). The number of hydrogen-bond acceptors (Lipinski definition) is 4. The zero-order valence-electron chi connectivity index (χ0n) is 14.4. The van der Waals surface area contributed by atoms with Crippen molar-refractivity contribution in [2.75, 3.05) is 38.6 Å². The molecular formula is C19H22N2O4S. The molecule has 0 bridgehead atoms. The van der Waals surface area contributed by atoms with Gasteiger partial charge in [-0.1, -0.05) is 42.5 Å². The Kier molecular flexibility index (Phi) is 6.03. The highest BCUT2D eigenvalue weighted by Crippen LogP contribution is 2.19. The zero-order chi connectivity index (χ0) is 18.4. The number of rotatable bonds is 6. The topological polar surface area (TPSA) is 75.7 Å². The molecule has 0 unspecified atom stereocenters. The van der Waals surface area contributed by atoms with E-state index < -0.39 is 10.0 Å². The summed E-state index contributed by atoms with van der Waals surface area (Å²) in [4.78, 5) is 12.4. The quantitative estimate of drug-likeness (QED) is 0.836. The molecule has 7 heteroatoms. The summed E-state index contributed by atoms with van der Waals surface area (Å²) in [5.41, 5.74) is 2.48. The molecule has 2 aromatic rings. The molecule has 6 nitrogen and oxygen atoms in total. The Morgan fingerprint density at radius 2 is 1.69 bits per heavy atom. The monoisotopic (exact) mass is 374 g/mol. The molecular weight excluding hydrogens is 352 g/mol. The first-order valence-corrected chi connectivity index (χ1v) is 10.2. The average Bonchev–Trinajstić information content (AvgIpc) is 2.69. The second-order valence-electron chi connectivity index (χ2n) is 6.03. The van der Waals surface area contributed by atoms with Gasteiger partial charge in [0.15, 0.2) is 0 Å². The zero-order valence-corrected chi connectivity index (χ0v) is 15.2. The van der Waals surface area contributed by atoms with Gasteiger partial charge in [-0.05, 0) is 23.3 Å². The number of sulfonamides is 1. The van der Waals surface area contributed by atoms with Crippen molar-refractivity contribution in [1.82, 2.24) is 9.62 Å². The smallest absolute Gasteiger partial charge is 0.251 e. The van der Waals surface area contributed by atoms with E-state index in [0.717, 1.165) is 11.1 Å². The molecule has 0 radical (unpaired) electrons.